The Balaban J connectivity index is 2.61. The molecular formula is C12H10FNO3. The fraction of sp³-hybridized carbons (Fsp3) is 0.167. The van der Waals surface area contributed by atoms with Gasteiger partial charge in [-0.15, -0.1) is 0 Å². The number of esters is 1. The topological polar surface area (TPSA) is 59.2 Å². The monoisotopic (exact) mass is 235 g/mol. The van der Waals surface area contributed by atoms with Crippen molar-refractivity contribution in [1.82, 2.24) is 4.98 Å². The summed E-state index contributed by atoms with van der Waals surface area (Å²) in [5.74, 6) is -1.09. The third-order valence-corrected chi connectivity index (χ3v) is 2.30. The van der Waals surface area contributed by atoms with Crippen LogP contribution in [0.2, 0.25) is 0 Å². The van der Waals surface area contributed by atoms with Crippen LogP contribution in [0, 0.1) is 5.82 Å². The van der Waals surface area contributed by atoms with Crippen molar-refractivity contribution in [2.45, 2.75) is 6.92 Å². The van der Waals surface area contributed by atoms with Crippen LogP contribution < -0.4 is 5.56 Å². The normalized spacial score (nSPS) is 10.5. The van der Waals surface area contributed by atoms with Crippen LogP contribution in [-0.2, 0) is 4.74 Å². The maximum absolute atomic E-state index is 13.0. The average molecular weight is 235 g/mol. The van der Waals surface area contributed by atoms with E-state index in [1.54, 1.807) is 6.92 Å². The lowest BCUT2D eigenvalue weighted by Gasteiger charge is -2.03. The average Bonchev–Trinajstić information content (AvgIpc) is 2.28. The summed E-state index contributed by atoms with van der Waals surface area (Å²) in [6.07, 6.45) is 0. The Labute approximate surface area is 96.0 Å². The lowest BCUT2D eigenvalue weighted by Crippen LogP contribution is -2.15. The van der Waals surface area contributed by atoms with E-state index >= 15 is 0 Å². The first kappa shape index (κ1) is 11.3. The molecule has 2 aromatic rings. The van der Waals surface area contributed by atoms with Crippen LogP contribution in [0.5, 0.6) is 0 Å². The van der Waals surface area contributed by atoms with Crippen LogP contribution in [0.25, 0.3) is 10.8 Å². The SMILES string of the molecule is CCOC(=O)c1cc2cc(F)ccc2c(=O)[nH]1. The Morgan fingerprint density at radius 2 is 2.18 bits per heavy atom. The molecule has 1 N–H and O–H groups in total. The molecule has 0 aliphatic carbocycles. The Hall–Kier alpha value is -2.17. The summed E-state index contributed by atoms with van der Waals surface area (Å²) in [4.78, 5) is 25.5. The van der Waals surface area contributed by atoms with Crippen molar-refractivity contribution in [3.05, 3.63) is 46.1 Å². The molecule has 0 fully saturated rings. The van der Waals surface area contributed by atoms with Gasteiger partial charge in [0.1, 0.15) is 11.5 Å². The second-order valence-corrected chi connectivity index (χ2v) is 3.46. The summed E-state index contributed by atoms with van der Waals surface area (Å²) in [6.45, 7) is 1.87. The maximum Gasteiger partial charge on any atom is 0.354 e. The van der Waals surface area contributed by atoms with Gasteiger partial charge in [-0.1, -0.05) is 0 Å². The van der Waals surface area contributed by atoms with Gasteiger partial charge >= 0.3 is 5.97 Å². The number of fused-ring (bicyclic) bond motifs is 1. The highest BCUT2D eigenvalue weighted by molar-refractivity contribution is 5.92. The molecule has 0 bridgehead atoms. The highest BCUT2D eigenvalue weighted by Gasteiger charge is 2.10. The van der Waals surface area contributed by atoms with Crippen molar-refractivity contribution in [2.75, 3.05) is 6.61 Å². The lowest BCUT2D eigenvalue weighted by atomic mass is 10.1. The summed E-state index contributed by atoms with van der Waals surface area (Å²) >= 11 is 0. The number of hydrogen-bond donors (Lipinski definition) is 1. The smallest absolute Gasteiger partial charge is 0.354 e. The Kier molecular flexibility index (Phi) is 2.91. The van der Waals surface area contributed by atoms with E-state index in [1.807, 2.05) is 0 Å². The van der Waals surface area contributed by atoms with Gasteiger partial charge in [-0.25, -0.2) is 9.18 Å². The van der Waals surface area contributed by atoms with Crippen LogP contribution in [0.1, 0.15) is 17.4 Å². The van der Waals surface area contributed by atoms with Gasteiger partial charge in [0.05, 0.1) is 6.61 Å². The molecule has 1 heterocycles. The van der Waals surface area contributed by atoms with E-state index < -0.39 is 17.3 Å². The summed E-state index contributed by atoms with van der Waals surface area (Å²) in [5.41, 5.74) is -0.416. The van der Waals surface area contributed by atoms with Crippen LogP contribution in [0.4, 0.5) is 4.39 Å². The molecule has 0 saturated carbocycles. The molecule has 1 aromatic carbocycles. The van der Waals surface area contributed by atoms with E-state index in [-0.39, 0.29) is 12.3 Å². The van der Waals surface area contributed by atoms with Gasteiger partial charge in [0, 0.05) is 5.39 Å². The lowest BCUT2D eigenvalue weighted by molar-refractivity contribution is 0.0519. The summed E-state index contributed by atoms with van der Waals surface area (Å²) < 4.78 is 17.8. The van der Waals surface area contributed by atoms with Crippen molar-refractivity contribution < 1.29 is 13.9 Å². The zero-order valence-corrected chi connectivity index (χ0v) is 9.12. The highest BCUT2D eigenvalue weighted by atomic mass is 19.1. The minimum Gasteiger partial charge on any atom is -0.461 e. The summed E-state index contributed by atoms with van der Waals surface area (Å²) in [7, 11) is 0. The minimum atomic E-state index is -0.629. The first-order chi connectivity index (χ1) is 8.11. The van der Waals surface area contributed by atoms with Gasteiger partial charge in [0.15, 0.2) is 0 Å². The Morgan fingerprint density at radius 1 is 1.41 bits per heavy atom. The van der Waals surface area contributed by atoms with Crippen molar-refractivity contribution >= 4 is 16.7 Å². The first-order valence-electron chi connectivity index (χ1n) is 5.11. The molecule has 0 radical (unpaired) electrons. The Morgan fingerprint density at radius 3 is 2.88 bits per heavy atom. The molecule has 0 unspecified atom stereocenters. The van der Waals surface area contributed by atoms with Gasteiger partial charge in [0.25, 0.3) is 5.56 Å². The van der Waals surface area contributed by atoms with Gasteiger partial charge in [-0.05, 0) is 36.6 Å². The molecule has 88 valence electrons. The minimum absolute atomic E-state index is 0.0231. The number of pyridine rings is 1. The van der Waals surface area contributed by atoms with Crippen LogP contribution >= 0.6 is 0 Å². The van der Waals surface area contributed by atoms with E-state index in [9.17, 15) is 14.0 Å². The number of hydrogen-bond acceptors (Lipinski definition) is 3. The van der Waals surface area contributed by atoms with Crippen LogP contribution in [0.3, 0.4) is 0 Å². The fourth-order valence-electron chi connectivity index (χ4n) is 1.56. The molecule has 0 spiro atoms. The number of benzene rings is 1. The van der Waals surface area contributed by atoms with Crippen molar-refractivity contribution in [2.24, 2.45) is 0 Å². The molecule has 17 heavy (non-hydrogen) atoms. The molecule has 4 nitrogen and oxygen atoms in total. The Bertz CT molecular complexity index is 633. The van der Waals surface area contributed by atoms with Gasteiger partial charge in [-0.3, -0.25) is 4.79 Å². The molecule has 0 saturated heterocycles. The van der Waals surface area contributed by atoms with Crippen LogP contribution in [0.15, 0.2) is 29.1 Å². The van der Waals surface area contributed by atoms with E-state index in [2.05, 4.69) is 4.98 Å². The molecule has 2 rings (SSSR count). The number of H-pyrrole nitrogens is 1. The predicted molar refractivity (Wildman–Crippen MR) is 60.5 cm³/mol. The molecule has 5 heteroatoms. The largest absolute Gasteiger partial charge is 0.461 e. The standard InChI is InChI=1S/C12H10FNO3/c1-2-17-12(16)10-6-7-5-8(13)3-4-9(7)11(15)14-10/h3-6H,2H2,1H3,(H,14,15). The zero-order valence-electron chi connectivity index (χ0n) is 9.12. The van der Waals surface area contributed by atoms with E-state index in [1.165, 1.54) is 24.3 Å². The number of aromatic nitrogens is 1. The first-order valence-corrected chi connectivity index (χ1v) is 5.11. The highest BCUT2D eigenvalue weighted by Crippen LogP contribution is 2.12. The van der Waals surface area contributed by atoms with E-state index in [0.29, 0.717) is 10.8 Å². The van der Waals surface area contributed by atoms with E-state index in [4.69, 9.17) is 4.74 Å². The van der Waals surface area contributed by atoms with Gasteiger partial charge < -0.3 is 9.72 Å². The molecule has 0 aliphatic rings. The second kappa shape index (κ2) is 4.37. The molecule has 0 amide bonds. The zero-order chi connectivity index (χ0) is 12.4. The van der Waals surface area contributed by atoms with E-state index in [0.717, 1.165) is 0 Å². The van der Waals surface area contributed by atoms with Crippen molar-refractivity contribution in [1.29, 1.82) is 0 Å². The van der Waals surface area contributed by atoms with Gasteiger partial charge in [0.2, 0.25) is 0 Å². The maximum atomic E-state index is 13.0. The number of carbonyl (C=O) groups is 1. The number of nitrogens with one attached hydrogen (secondary N) is 1. The summed E-state index contributed by atoms with van der Waals surface area (Å²) in [5, 5.41) is 0.705. The van der Waals surface area contributed by atoms with Gasteiger partial charge in [-0.2, -0.15) is 0 Å². The molecular weight excluding hydrogens is 225 g/mol. The second-order valence-electron chi connectivity index (χ2n) is 3.46. The molecule has 1 aromatic heterocycles. The number of halogens is 1. The number of carbonyl (C=O) groups excluding carboxylic acids is 1. The summed E-state index contributed by atoms with van der Waals surface area (Å²) in [6, 6.07) is 5.17. The number of aromatic amines is 1. The molecule has 0 atom stereocenters. The number of ether oxygens (including phenoxy) is 1. The van der Waals surface area contributed by atoms with Crippen molar-refractivity contribution in [3.63, 3.8) is 0 Å². The number of rotatable bonds is 2. The van der Waals surface area contributed by atoms with Crippen molar-refractivity contribution in [3.8, 4) is 0 Å². The third-order valence-electron chi connectivity index (χ3n) is 2.30. The fourth-order valence-corrected chi connectivity index (χ4v) is 1.56. The molecule has 0 aliphatic heterocycles. The third kappa shape index (κ3) is 2.18. The quantitative estimate of drug-likeness (QED) is 0.808. The van der Waals surface area contributed by atoms with Crippen LogP contribution in [-0.4, -0.2) is 17.6 Å². The predicted octanol–water partition coefficient (Wildman–Crippen LogP) is 1.84.